The fourth-order valence-electron chi connectivity index (χ4n) is 2.81. The number of nitrogens with two attached hydrogens (primary N) is 1. The summed E-state index contributed by atoms with van der Waals surface area (Å²) < 4.78 is 13.3. The van der Waals surface area contributed by atoms with E-state index in [2.05, 4.69) is 26.3 Å². The molecular weight excluding hydrogens is 460 g/mol. The fourth-order valence-corrected chi connectivity index (χ4v) is 3.50. The van der Waals surface area contributed by atoms with E-state index in [-0.39, 0.29) is 5.91 Å². The first kappa shape index (κ1) is 21.2. The minimum atomic E-state index is -0.284. The Bertz CT molecular complexity index is 1020. The molecule has 3 aromatic rings. The summed E-state index contributed by atoms with van der Waals surface area (Å²) in [6, 6.07) is 10.5. The number of aromatic nitrogens is 2. The van der Waals surface area contributed by atoms with Gasteiger partial charge in [-0.25, -0.2) is 0 Å². The van der Waals surface area contributed by atoms with E-state index in [0.717, 1.165) is 0 Å². The van der Waals surface area contributed by atoms with E-state index in [1.165, 1.54) is 0 Å². The Kier molecular flexibility index (Phi) is 6.79. The highest BCUT2D eigenvalue weighted by Gasteiger charge is 2.17. The molecule has 7 nitrogen and oxygen atoms in total. The molecule has 3 rings (SSSR count). The summed E-state index contributed by atoms with van der Waals surface area (Å²) in [6.07, 6.45) is 1.56. The lowest BCUT2D eigenvalue weighted by atomic mass is 10.1. The second-order valence-electron chi connectivity index (χ2n) is 6.11. The van der Waals surface area contributed by atoms with Crippen LogP contribution < -0.4 is 20.5 Å². The number of hydrogen-bond acceptors (Lipinski definition) is 5. The molecule has 29 heavy (non-hydrogen) atoms. The topological polar surface area (TPSA) is 91.4 Å². The summed E-state index contributed by atoms with van der Waals surface area (Å²) >= 11 is 9.72. The summed E-state index contributed by atoms with van der Waals surface area (Å²) in [5, 5.41) is 7.55. The zero-order valence-corrected chi connectivity index (χ0v) is 18.3. The number of carbonyl (C=O) groups is 1. The number of halogens is 2. The average Bonchev–Trinajstić information content (AvgIpc) is 3.05. The van der Waals surface area contributed by atoms with Crippen LogP contribution in [-0.2, 0) is 7.05 Å². The van der Waals surface area contributed by atoms with E-state index in [0.29, 0.717) is 56.7 Å². The lowest BCUT2D eigenvalue weighted by Crippen LogP contribution is -2.14. The lowest BCUT2D eigenvalue weighted by Gasteiger charge is -2.15. The quantitative estimate of drug-likeness (QED) is 0.532. The molecular formula is C20H20BrClN4O3. The van der Waals surface area contributed by atoms with E-state index in [9.17, 15) is 4.79 Å². The molecule has 1 aromatic heterocycles. The summed E-state index contributed by atoms with van der Waals surface area (Å²) in [6.45, 7) is 0.728. The molecule has 3 N–H and O–H groups in total. The number of hydrogen-bond donors (Lipinski definition) is 2. The molecule has 0 spiro atoms. The third-order valence-electron chi connectivity index (χ3n) is 4.18. The van der Waals surface area contributed by atoms with E-state index in [1.54, 1.807) is 61.4 Å². The van der Waals surface area contributed by atoms with Crippen LogP contribution in [0, 0.1) is 0 Å². The van der Waals surface area contributed by atoms with Crippen molar-refractivity contribution in [1.29, 1.82) is 0 Å². The van der Waals surface area contributed by atoms with E-state index < -0.39 is 0 Å². The Morgan fingerprint density at radius 1 is 1.31 bits per heavy atom. The minimum absolute atomic E-state index is 0.284. The van der Waals surface area contributed by atoms with Crippen molar-refractivity contribution >= 4 is 39.1 Å². The van der Waals surface area contributed by atoms with Crippen molar-refractivity contribution in [2.24, 2.45) is 12.8 Å². The lowest BCUT2D eigenvalue weighted by molar-refractivity contribution is 0.102. The zero-order chi connectivity index (χ0) is 21.0. The van der Waals surface area contributed by atoms with Crippen LogP contribution in [0.2, 0.25) is 5.02 Å². The summed E-state index contributed by atoms with van der Waals surface area (Å²) in [7, 11) is 3.33. The molecule has 1 heterocycles. The van der Waals surface area contributed by atoms with Crippen LogP contribution in [0.4, 0.5) is 5.69 Å². The van der Waals surface area contributed by atoms with Gasteiger partial charge in [0.15, 0.2) is 0 Å². The maximum absolute atomic E-state index is 12.8. The largest absolute Gasteiger partial charge is 0.497 e. The first-order valence-electron chi connectivity index (χ1n) is 8.74. The number of nitrogens with one attached hydrogen (secondary N) is 1. The van der Waals surface area contributed by atoms with Gasteiger partial charge in [-0.15, -0.1) is 0 Å². The van der Waals surface area contributed by atoms with Gasteiger partial charge in [0.25, 0.3) is 5.91 Å². The Hall–Kier alpha value is -2.55. The van der Waals surface area contributed by atoms with Crippen molar-refractivity contribution in [1.82, 2.24) is 9.78 Å². The van der Waals surface area contributed by atoms with Gasteiger partial charge in [-0.1, -0.05) is 11.6 Å². The van der Waals surface area contributed by atoms with Gasteiger partial charge >= 0.3 is 0 Å². The number of amides is 1. The number of aryl methyl sites for hydroxylation is 1. The van der Waals surface area contributed by atoms with Crippen LogP contribution in [0.25, 0.3) is 11.3 Å². The van der Waals surface area contributed by atoms with E-state index in [4.69, 9.17) is 26.8 Å². The van der Waals surface area contributed by atoms with Crippen molar-refractivity contribution in [3.05, 3.63) is 57.7 Å². The minimum Gasteiger partial charge on any atom is -0.497 e. The summed E-state index contributed by atoms with van der Waals surface area (Å²) in [4.78, 5) is 12.8. The van der Waals surface area contributed by atoms with Crippen LogP contribution in [0.5, 0.6) is 11.5 Å². The SMILES string of the molecule is COc1ccc(Br)c(C(=O)Nc2ccc(OCCN)c(-c3c(Cl)cnn3C)c2)c1. The van der Waals surface area contributed by atoms with Gasteiger partial charge in [-0.3, -0.25) is 9.48 Å². The highest BCUT2D eigenvalue weighted by molar-refractivity contribution is 9.10. The highest BCUT2D eigenvalue weighted by atomic mass is 79.9. The summed E-state index contributed by atoms with van der Waals surface area (Å²) in [5.41, 5.74) is 7.97. The van der Waals surface area contributed by atoms with Gasteiger partial charge in [0.2, 0.25) is 0 Å². The normalized spacial score (nSPS) is 10.7. The Morgan fingerprint density at radius 2 is 2.10 bits per heavy atom. The molecule has 9 heteroatoms. The Morgan fingerprint density at radius 3 is 2.76 bits per heavy atom. The number of methoxy groups -OCH3 is 1. The number of anilines is 1. The van der Waals surface area contributed by atoms with E-state index >= 15 is 0 Å². The molecule has 0 aliphatic rings. The van der Waals surface area contributed by atoms with Gasteiger partial charge in [-0.2, -0.15) is 5.10 Å². The van der Waals surface area contributed by atoms with Crippen molar-refractivity contribution in [3.63, 3.8) is 0 Å². The predicted octanol–water partition coefficient (Wildman–Crippen LogP) is 4.10. The van der Waals surface area contributed by atoms with Gasteiger partial charge in [0.05, 0.1) is 29.6 Å². The van der Waals surface area contributed by atoms with Crippen LogP contribution in [0.3, 0.4) is 0 Å². The molecule has 0 atom stereocenters. The molecule has 0 aliphatic heterocycles. The third kappa shape index (κ3) is 4.72. The molecule has 0 aliphatic carbocycles. The maximum Gasteiger partial charge on any atom is 0.256 e. The number of nitrogens with zero attached hydrogens (tertiary/aromatic N) is 2. The van der Waals surface area contributed by atoms with Crippen molar-refractivity contribution < 1.29 is 14.3 Å². The maximum atomic E-state index is 12.8. The first-order chi connectivity index (χ1) is 13.9. The number of ether oxygens (including phenoxy) is 2. The van der Waals surface area contributed by atoms with Gasteiger partial charge in [0.1, 0.15) is 18.1 Å². The molecule has 152 valence electrons. The molecule has 0 saturated carbocycles. The standard InChI is InChI=1S/C20H20BrClN4O3/c1-26-19(17(22)11-24-26)15-9-12(3-6-18(15)29-8-7-23)25-20(27)14-10-13(28-2)4-5-16(14)21/h3-6,9-11H,7-8,23H2,1-2H3,(H,25,27). The number of benzene rings is 2. The van der Waals surface area contributed by atoms with Crippen molar-refractivity contribution in [3.8, 4) is 22.8 Å². The molecule has 0 bridgehead atoms. The van der Waals surface area contributed by atoms with Crippen LogP contribution in [0.15, 0.2) is 47.1 Å². The summed E-state index contributed by atoms with van der Waals surface area (Å²) in [5.74, 6) is 0.904. The molecule has 2 aromatic carbocycles. The fraction of sp³-hybridized carbons (Fsp3) is 0.200. The smallest absolute Gasteiger partial charge is 0.256 e. The Balaban J connectivity index is 1.97. The van der Waals surface area contributed by atoms with Gasteiger partial charge < -0.3 is 20.5 Å². The molecule has 0 fully saturated rings. The third-order valence-corrected chi connectivity index (χ3v) is 5.15. The monoisotopic (exact) mass is 478 g/mol. The second kappa shape index (κ2) is 9.30. The number of carbonyl (C=O) groups excluding carboxylic acids is 1. The van der Waals surface area contributed by atoms with Crippen molar-refractivity contribution in [2.75, 3.05) is 25.6 Å². The zero-order valence-electron chi connectivity index (χ0n) is 15.9. The van der Waals surface area contributed by atoms with E-state index in [1.807, 2.05) is 0 Å². The van der Waals surface area contributed by atoms with Crippen LogP contribution in [0.1, 0.15) is 10.4 Å². The Labute approximate surface area is 181 Å². The number of rotatable bonds is 7. The first-order valence-corrected chi connectivity index (χ1v) is 9.91. The molecule has 1 amide bonds. The van der Waals surface area contributed by atoms with Gasteiger partial charge in [0, 0.05) is 29.3 Å². The van der Waals surface area contributed by atoms with Crippen LogP contribution in [-0.4, -0.2) is 35.9 Å². The van der Waals surface area contributed by atoms with Crippen LogP contribution >= 0.6 is 27.5 Å². The van der Waals surface area contributed by atoms with Crippen molar-refractivity contribution in [2.45, 2.75) is 0 Å². The second-order valence-corrected chi connectivity index (χ2v) is 7.37. The molecule has 0 radical (unpaired) electrons. The highest BCUT2D eigenvalue weighted by Crippen LogP contribution is 2.36. The van der Waals surface area contributed by atoms with Gasteiger partial charge in [-0.05, 0) is 52.3 Å². The predicted molar refractivity (Wildman–Crippen MR) is 117 cm³/mol. The average molecular weight is 480 g/mol. The molecule has 0 saturated heterocycles. The molecule has 0 unspecified atom stereocenters.